The Morgan fingerprint density at radius 2 is 1.27 bits per heavy atom. The van der Waals surface area contributed by atoms with Gasteiger partial charge in [-0.3, -0.25) is 0 Å². The minimum absolute atomic E-state index is 0.190. The summed E-state index contributed by atoms with van der Waals surface area (Å²) in [5.41, 5.74) is 2.78. The van der Waals surface area contributed by atoms with Crippen molar-refractivity contribution in [3.8, 4) is 22.6 Å². The Bertz CT molecular complexity index is 1010. The van der Waals surface area contributed by atoms with Crippen LogP contribution < -0.4 is 9.47 Å². The molecule has 2 aromatic carbocycles. The largest absolute Gasteiger partial charge is 0.478 e. The Hall–Kier alpha value is -3.93. The van der Waals surface area contributed by atoms with E-state index < -0.39 is 17.9 Å². The molecular weight excluding hydrogens is 384 g/mol. The van der Waals surface area contributed by atoms with E-state index in [1.54, 1.807) is 42.5 Å². The fourth-order valence-electron chi connectivity index (χ4n) is 2.33. The van der Waals surface area contributed by atoms with Gasteiger partial charge in [-0.25, -0.2) is 14.4 Å². The summed E-state index contributed by atoms with van der Waals surface area (Å²) in [5.74, 6) is -1.82. The molecule has 0 bridgehead atoms. The fraction of sp³-hybridized carbons (Fsp3) is 0.125. The molecule has 6 nitrogen and oxygen atoms in total. The van der Waals surface area contributed by atoms with E-state index in [-0.39, 0.29) is 28.2 Å². The summed E-state index contributed by atoms with van der Waals surface area (Å²) in [7, 11) is 0. The predicted molar refractivity (Wildman–Crippen MR) is 114 cm³/mol. The molecule has 0 amide bonds. The number of carboxylic acid groups (broad SMARTS) is 1. The van der Waals surface area contributed by atoms with Gasteiger partial charge in [0.15, 0.2) is 0 Å². The SMILES string of the molecule is C=C(C)C(=O)Oc1cc(OC(=O)C(=C)C)cc(-c2ccc(C=C(C)C(=O)O)cc2)c1. The normalized spacial score (nSPS) is 10.8. The third-order valence-electron chi connectivity index (χ3n) is 3.96. The average Bonchev–Trinajstić information content (AvgIpc) is 2.68. The summed E-state index contributed by atoms with van der Waals surface area (Å²) in [6.07, 6.45) is 1.55. The molecule has 0 aliphatic rings. The van der Waals surface area contributed by atoms with Crippen LogP contribution in [0, 0.1) is 0 Å². The maximum absolute atomic E-state index is 11.9. The second-order valence-electron chi connectivity index (χ2n) is 6.79. The van der Waals surface area contributed by atoms with Gasteiger partial charge in [-0.05, 0) is 55.7 Å². The van der Waals surface area contributed by atoms with Crippen molar-refractivity contribution in [1.29, 1.82) is 0 Å². The van der Waals surface area contributed by atoms with Crippen LogP contribution in [0.1, 0.15) is 26.3 Å². The number of ether oxygens (including phenoxy) is 2. The van der Waals surface area contributed by atoms with Crippen LogP contribution in [-0.2, 0) is 14.4 Å². The molecule has 1 N–H and O–H groups in total. The number of aliphatic carboxylic acids is 1. The van der Waals surface area contributed by atoms with Crippen LogP contribution in [0.4, 0.5) is 0 Å². The maximum atomic E-state index is 11.9. The van der Waals surface area contributed by atoms with Crippen LogP contribution in [0.25, 0.3) is 17.2 Å². The molecule has 0 fully saturated rings. The van der Waals surface area contributed by atoms with Gasteiger partial charge in [-0.2, -0.15) is 0 Å². The van der Waals surface area contributed by atoms with Crippen molar-refractivity contribution in [2.24, 2.45) is 0 Å². The second-order valence-corrected chi connectivity index (χ2v) is 6.79. The number of benzene rings is 2. The summed E-state index contributed by atoms with van der Waals surface area (Å²) in [6.45, 7) is 11.7. The summed E-state index contributed by atoms with van der Waals surface area (Å²) in [5, 5.41) is 9.00. The Balaban J connectivity index is 2.44. The highest BCUT2D eigenvalue weighted by atomic mass is 16.5. The zero-order valence-corrected chi connectivity index (χ0v) is 17.0. The lowest BCUT2D eigenvalue weighted by atomic mass is 10.0. The average molecular weight is 406 g/mol. The van der Waals surface area contributed by atoms with E-state index in [1.807, 2.05) is 0 Å². The van der Waals surface area contributed by atoms with Gasteiger partial charge in [-0.15, -0.1) is 0 Å². The number of hydrogen-bond acceptors (Lipinski definition) is 5. The monoisotopic (exact) mass is 406 g/mol. The van der Waals surface area contributed by atoms with E-state index in [0.29, 0.717) is 5.56 Å². The lowest BCUT2D eigenvalue weighted by Gasteiger charge is -2.11. The van der Waals surface area contributed by atoms with Crippen LogP contribution in [-0.4, -0.2) is 23.0 Å². The molecule has 0 unspecified atom stereocenters. The Labute approximate surface area is 174 Å². The molecule has 6 heteroatoms. The van der Waals surface area contributed by atoms with Gasteiger partial charge < -0.3 is 14.6 Å². The number of rotatable bonds is 7. The lowest BCUT2D eigenvalue weighted by Crippen LogP contribution is -2.10. The molecule has 0 aromatic heterocycles. The first kappa shape index (κ1) is 22.4. The molecule has 0 heterocycles. The van der Waals surface area contributed by atoms with Crippen molar-refractivity contribution >= 4 is 24.0 Å². The molecule has 0 saturated heterocycles. The van der Waals surface area contributed by atoms with E-state index >= 15 is 0 Å². The number of carbonyl (C=O) groups is 3. The zero-order valence-electron chi connectivity index (χ0n) is 17.0. The van der Waals surface area contributed by atoms with Crippen molar-refractivity contribution in [3.63, 3.8) is 0 Å². The molecule has 0 spiro atoms. The topological polar surface area (TPSA) is 89.9 Å². The van der Waals surface area contributed by atoms with E-state index in [2.05, 4.69) is 13.2 Å². The van der Waals surface area contributed by atoms with Gasteiger partial charge in [0.05, 0.1) is 0 Å². The first-order chi connectivity index (χ1) is 14.1. The van der Waals surface area contributed by atoms with E-state index in [9.17, 15) is 14.4 Å². The molecule has 0 aliphatic carbocycles. The fourth-order valence-corrected chi connectivity index (χ4v) is 2.33. The first-order valence-electron chi connectivity index (χ1n) is 8.99. The highest BCUT2D eigenvalue weighted by molar-refractivity contribution is 5.92. The third-order valence-corrected chi connectivity index (χ3v) is 3.96. The quantitative estimate of drug-likeness (QED) is 0.403. The molecule has 0 saturated carbocycles. The zero-order chi connectivity index (χ0) is 22.4. The van der Waals surface area contributed by atoms with Crippen molar-refractivity contribution in [2.75, 3.05) is 0 Å². The molecule has 0 atom stereocenters. The highest BCUT2D eigenvalue weighted by Crippen LogP contribution is 2.31. The van der Waals surface area contributed by atoms with Crippen molar-refractivity contribution in [1.82, 2.24) is 0 Å². The van der Waals surface area contributed by atoms with Gasteiger partial charge >= 0.3 is 17.9 Å². The van der Waals surface area contributed by atoms with Crippen molar-refractivity contribution < 1.29 is 29.0 Å². The van der Waals surface area contributed by atoms with Crippen molar-refractivity contribution in [2.45, 2.75) is 20.8 Å². The Morgan fingerprint density at radius 1 is 0.800 bits per heavy atom. The standard InChI is InChI=1S/C24H22O6/c1-14(2)23(27)29-20-11-19(12-21(13-20)30-24(28)15(3)4)18-8-6-17(7-9-18)10-16(5)22(25)26/h6-13H,1,3H2,2,4-5H3,(H,25,26). The Kier molecular flexibility index (Phi) is 7.09. The van der Waals surface area contributed by atoms with Crippen LogP contribution in [0.3, 0.4) is 0 Å². The van der Waals surface area contributed by atoms with E-state index in [0.717, 1.165) is 11.1 Å². The van der Waals surface area contributed by atoms with Gasteiger partial charge in [0.25, 0.3) is 0 Å². The third kappa shape index (κ3) is 6.04. The molecule has 0 radical (unpaired) electrons. The maximum Gasteiger partial charge on any atom is 0.338 e. The molecule has 2 rings (SSSR count). The molecular formula is C24H22O6. The Morgan fingerprint density at radius 3 is 1.67 bits per heavy atom. The number of hydrogen-bond donors (Lipinski definition) is 1. The van der Waals surface area contributed by atoms with Gasteiger partial charge in [0.1, 0.15) is 11.5 Å². The first-order valence-corrected chi connectivity index (χ1v) is 8.99. The number of carboxylic acids is 1. The van der Waals surface area contributed by atoms with Gasteiger partial charge in [0.2, 0.25) is 0 Å². The minimum Gasteiger partial charge on any atom is -0.478 e. The second kappa shape index (κ2) is 9.52. The molecule has 30 heavy (non-hydrogen) atoms. The minimum atomic E-state index is -0.991. The van der Waals surface area contributed by atoms with Crippen molar-refractivity contribution in [3.05, 3.63) is 77.9 Å². The van der Waals surface area contributed by atoms with E-state index in [1.165, 1.54) is 26.8 Å². The summed E-state index contributed by atoms with van der Waals surface area (Å²) in [6, 6.07) is 11.8. The summed E-state index contributed by atoms with van der Waals surface area (Å²) < 4.78 is 10.6. The highest BCUT2D eigenvalue weighted by Gasteiger charge is 2.13. The molecule has 2 aromatic rings. The molecule has 154 valence electrons. The van der Waals surface area contributed by atoms with Gasteiger partial charge in [-0.1, -0.05) is 37.4 Å². The smallest absolute Gasteiger partial charge is 0.338 e. The summed E-state index contributed by atoms with van der Waals surface area (Å²) in [4.78, 5) is 34.8. The lowest BCUT2D eigenvalue weighted by molar-refractivity contribution is -0.133. The molecule has 0 aliphatic heterocycles. The van der Waals surface area contributed by atoms with E-state index in [4.69, 9.17) is 14.6 Å². The number of esters is 2. The number of carbonyl (C=O) groups excluding carboxylic acids is 2. The van der Waals surface area contributed by atoms with Crippen LogP contribution in [0.15, 0.2) is 72.3 Å². The predicted octanol–water partition coefficient (Wildman–Crippen LogP) is 4.80. The van der Waals surface area contributed by atoms with Crippen LogP contribution in [0.2, 0.25) is 0 Å². The summed E-state index contributed by atoms with van der Waals surface area (Å²) >= 11 is 0. The van der Waals surface area contributed by atoms with Crippen LogP contribution in [0.5, 0.6) is 11.5 Å². The van der Waals surface area contributed by atoms with Crippen LogP contribution >= 0.6 is 0 Å². The van der Waals surface area contributed by atoms with Gasteiger partial charge in [0, 0.05) is 22.8 Å².